The standard InChI is InChI=1S/C17H26O/c1-6-8-12-9-7-10-13(11-12)14(18)15-16(2,3)17(15,4)5/h7,9-11,14-15,18H,6,8H2,1-5H3. The van der Waals surface area contributed by atoms with E-state index >= 15 is 0 Å². The maximum absolute atomic E-state index is 10.6. The average molecular weight is 246 g/mol. The highest BCUT2D eigenvalue weighted by Gasteiger charge is 2.67. The molecule has 1 aliphatic rings. The van der Waals surface area contributed by atoms with Crippen molar-refractivity contribution in [2.24, 2.45) is 16.7 Å². The molecule has 0 heterocycles. The smallest absolute Gasteiger partial charge is 0.0828 e. The van der Waals surface area contributed by atoms with Gasteiger partial charge in [0, 0.05) is 5.92 Å². The molecule has 100 valence electrons. The predicted octanol–water partition coefficient (Wildman–Crippen LogP) is 4.35. The Hall–Kier alpha value is -0.820. The highest BCUT2D eigenvalue weighted by atomic mass is 16.3. The van der Waals surface area contributed by atoms with Gasteiger partial charge in [0.25, 0.3) is 0 Å². The highest BCUT2D eigenvalue weighted by Crippen LogP contribution is 2.72. The molecular formula is C17H26O. The van der Waals surface area contributed by atoms with Crippen molar-refractivity contribution in [3.05, 3.63) is 35.4 Å². The normalized spacial score (nSPS) is 22.8. The molecule has 0 amide bonds. The van der Waals surface area contributed by atoms with Crippen LogP contribution in [0.5, 0.6) is 0 Å². The summed E-state index contributed by atoms with van der Waals surface area (Å²) in [5, 5.41) is 10.6. The number of hydrogen-bond acceptors (Lipinski definition) is 1. The first-order valence-corrected chi connectivity index (χ1v) is 7.09. The summed E-state index contributed by atoms with van der Waals surface area (Å²) in [7, 11) is 0. The summed E-state index contributed by atoms with van der Waals surface area (Å²) in [5.74, 6) is 0.363. The van der Waals surface area contributed by atoms with Crippen molar-refractivity contribution in [3.63, 3.8) is 0 Å². The predicted molar refractivity (Wildman–Crippen MR) is 76.4 cm³/mol. The van der Waals surface area contributed by atoms with E-state index in [1.165, 1.54) is 5.56 Å². The average Bonchev–Trinajstić information content (AvgIpc) is 2.69. The SMILES string of the molecule is CCCc1cccc(C(O)C2C(C)(C)C2(C)C)c1. The van der Waals surface area contributed by atoms with Gasteiger partial charge < -0.3 is 5.11 Å². The third-order valence-electron chi connectivity index (χ3n) is 5.28. The molecule has 1 aliphatic carbocycles. The molecule has 1 fully saturated rings. The molecule has 0 saturated heterocycles. The van der Waals surface area contributed by atoms with Gasteiger partial charge >= 0.3 is 0 Å². The van der Waals surface area contributed by atoms with Gasteiger partial charge in [-0.2, -0.15) is 0 Å². The summed E-state index contributed by atoms with van der Waals surface area (Å²) in [6.07, 6.45) is 1.92. The molecule has 2 rings (SSSR count). The van der Waals surface area contributed by atoms with Crippen LogP contribution in [0.25, 0.3) is 0 Å². The second kappa shape index (κ2) is 4.38. The summed E-state index contributed by atoms with van der Waals surface area (Å²) in [6, 6.07) is 8.47. The maximum Gasteiger partial charge on any atom is 0.0828 e. The topological polar surface area (TPSA) is 20.2 Å². The molecule has 1 N–H and O–H groups in total. The zero-order valence-corrected chi connectivity index (χ0v) is 12.3. The monoisotopic (exact) mass is 246 g/mol. The lowest BCUT2D eigenvalue weighted by molar-refractivity contribution is 0.130. The van der Waals surface area contributed by atoms with Gasteiger partial charge in [0.15, 0.2) is 0 Å². The van der Waals surface area contributed by atoms with E-state index in [2.05, 4.69) is 58.9 Å². The Labute approximate surface area is 111 Å². The zero-order valence-electron chi connectivity index (χ0n) is 12.3. The Morgan fingerprint density at radius 2 is 1.78 bits per heavy atom. The molecule has 1 unspecified atom stereocenters. The summed E-state index contributed by atoms with van der Waals surface area (Å²) in [4.78, 5) is 0. The van der Waals surface area contributed by atoms with Crippen molar-refractivity contribution < 1.29 is 5.11 Å². The fraction of sp³-hybridized carbons (Fsp3) is 0.647. The second-order valence-corrected chi connectivity index (χ2v) is 6.86. The Bertz CT molecular complexity index is 417. The quantitative estimate of drug-likeness (QED) is 0.837. The van der Waals surface area contributed by atoms with Crippen molar-refractivity contribution in [2.45, 2.75) is 53.6 Å². The van der Waals surface area contributed by atoms with Crippen LogP contribution in [0, 0.1) is 16.7 Å². The van der Waals surface area contributed by atoms with Crippen LogP contribution >= 0.6 is 0 Å². The van der Waals surface area contributed by atoms with Crippen molar-refractivity contribution in [1.82, 2.24) is 0 Å². The Balaban J connectivity index is 2.20. The Kier molecular flexibility index (Phi) is 3.31. The molecule has 0 aromatic heterocycles. The minimum absolute atomic E-state index is 0.229. The van der Waals surface area contributed by atoms with Crippen LogP contribution in [-0.2, 0) is 6.42 Å². The molecule has 0 spiro atoms. The van der Waals surface area contributed by atoms with Crippen molar-refractivity contribution in [1.29, 1.82) is 0 Å². The van der Waals surface area contributed by atoms with Crippen LogP contribution in [0.1, 0.15) is 58.3 Å². The van der Waals surface area contributed by atoms with Crippen LogP contribution < -0.4 is 0 Å². The number of rotatable bonds is 4. The first kappa shape index (κ1) is 13.6. The highest BCUT2D eigenvalue weighted by molar-refractivity contribution is 5.29. The summed E-state index contributed by atoms with van der Waals surface area (Å²) >= 11 is 0. The van der Waals surface area contributed by atoms with E-state index in [0.717, 1.165) is 18.4 Å². The van der Waals surface area contributed by atoms with E-state index < -0.39 is 0 Å². The van der Waals surface area contributed by atoms with Gasteiger partial charge in [0.1, 0.15) is 0 Å². The fourth-order valence-corrected chi connectivity index (χ4v) is 3.45. The first-order chi connectivity index (χ1) is 8.32. The molecule has 0 bridgehead atoms. The van der Waals surface area contributed by atoms with Gasteiger partial charge in [-0.15, -0.1) is 0 Å². The Morgan fingerprint density at radius 3 is 2.28 bits per heavy atom. The van der Waals surface area contributed by atoms with Crippen LogP contribution in [0.15, 0.2) is 24.3 Å². The molecule has 1 atom stereocenters. The minimum atomic E-state index is -0.327. The third-order valence-corrected chi connectivity index (χ3v) is 5.28. The number of aliphatic hydroxyl groups excluding tert-OH is 1. The lowest BCUT2D eigenvalue weighted by atomic mass is 9.97. The minimum Gasteiger partial charge on any atom is -0.388 e. The fourth-order valence-electron chi connectivity index (χ4n) is 3.45. The van der Waals surface area contributed by atoms with Gasteiger partial charge in [-0.25, -0.2) is 0 Å². The van der Waals surface area contributed by atoms with E-state index in [9.17, 15) is 5.11 Å². The van der Waals surface area contributed by atoms with Crippen LogP contribution in [0.3, 0.4) is 0 Å². The molecule has 18 heavy (non-hydrogen) atoms. The van der Waals surface area contributed by atoms with Crippen molar-refractivity contribution in [3.8, 4) is 0 Å². The second-order valence-electron chi connectivity index (χ2n) is 6.86. The third kappa shape index (κ3) is 1.99. The lowest BCUT2D eigenvalue weighted by Crippen LogP contribution is -2.06. The number of aliphatic hydroxyl groups is 1. The number of hydrogen-bond donors (Lipinski definition) is 1. The molecule has 1 nitrogen and oxygen atoms in total. The van der Waals surface area contributed by atoms with Crippen LogP contribution in [0.2, 0.25) is 0 Å². The van der Waals surface area contributed by atoms with Gasteiger partial charge in [0.2, 0.25) is 0 Å². The number of aryl methyl sites for hydroxylation is 1. The molecule has 0 radical (unpaired) electrons. The van der Waals surface area contributed by atoms with Crippen molar-refractivity contribution in [2.75, 3.05) is 0 Å². The zero-order chi connectivity index (χ0) is 13.6. The van der Waals surface area contributed by atoms with E-state index in [0.29, 0.717) is 5.92 Å². The summed E-state index contributed by atoms with van der Waals surface area (Å²) in [5.41, 5.74) is 2.88. The number of benzene rings is 1. The van der Waals surface area contributed by atoms with E-state index in [1.54, 1.807) is 0 Å². The molecular weight excluding hydrogens is 220 g/mol. The van der Waals surface area contributed by atoms with Gasteiger partial charge in [-0.3, -0.25) is 0 Å². The van der Waals surface area contributed by atoms with Crippen molar-refractivity contribution >= 4 is 0 Å². The van der Waals surface area contributed by atoms with Crippen LogP contribution in [-0.4, -0.2) is 5.11 Å². The summed E-state index contributed by atoms with van der Waals surface area (Å²) in [6.45, 7) is 11.2. The van der Waals surface area contributed by atoms with Gasteiger partial charge in [0.05, 0.1) is 6.10 Å². The maximum atomic E-state index is 10.6. The van der Waals surface area contributed by atoms with Gasteiger partial charge in [-0.1, -0.05) is 65.3 Å². The summed E-state index contributed by atoms with van der Waals surface area (Å²) < 4.78 is 0. The lowest BCUT2D eigenvalue weighted by Gasteiger charge is -2.14. The van der Waals surface area contributed by atoms with Crippen LogP contribution in [0.4, 0.5) is 0 Å². The molecule has 1 aromatic carbocycles. The first-order valence-electron chi connectivity index (χ1n) is 7.09. The Morgan fingerprint density at radius 1 is 1.17 bits per heavy atom. The molecule has 1 aromatic rings. The molecule has 1 heteroatoms. The largest absolute Gasteiger partial charge is 0.388 e. The van der Waals surface area contributed by atoms with E-state index in [4.69, 9.17) is 0 Å². The van der Waals surface area contributed by atoms with E-state index in [1.807, 2.05) is 0 Å². The van der Waals surface area contributed by atoms with E-state index in [-0.39, 0.29) is 16.9 Å². The van der Waals surface area contributed by atoms with Gasteiger partial charge in [-0.05, 0) is 28.4 Å². The molecule has 1 saturated carbocycles. The molecule has 0 aliphatic heterocycles.